The molecule has 0 bridgehead atoms. The molecular weight excluding hydrogens is 204 g/mol. The van der Waals surface area contributed by atoms with Crippen LogP contribution in [-0.4, -0.2) is 31.5 Å². The van der Waals surface area contributed by atoms with Gasteiger partial charge in [-0.25, -0.2) is 4.98 Å². The van der Waals surface area contributed by atoms with Crippen LogP contribution >= 0.6 is 11.6 Å². The molecule has 0 saturated heterocycles. The van der Waals surface area contributed by atoms with Crippen LogP contribution in [0, 0.1) is 0 Å². The lowest BCUT2D eigenvalue weighted by Gasteiger charge is -2.04. The summed E-state index contributed by atoms with van der Waals surface area (Å²) in [6.07, 6.45) is 1.41. The fraction of sp³-hybridized carbons (Fsp3) is 0.333. The van der Waals surface area contributed by atoms with Crippen molar-refractivity contribution >= 4 is 17.4 Å². The van der Waals surface area contributed by atoms with E-state index in [1.54, 1.807) is 7.05 Å². The number of Topliss-reactive ketones (excluding diaryl/α,β-unsaturated/α-hetero) is 1. The number of ether oxygens (including phenoxy) is 1. The fourth-order valence-corrected chi connectivity index (χ4v) is 1.21. The monoisotopic (exact) mass is 214 g/mol. The molecule has 1 aromatic rings. The SMILES string of the molecule is CNCC(=O)c1cc(OC)ncc1Cl. The Morgan fingerprint density at radius 3 is 3.00 bits per heavy atom. The molecule has 0 aliphatic rings. The van der Waals surface area contributed by atoms with Gasteiger partial charge in [-0.2, -0.15) is 0 Å². The summed E-state index contributed by atoms with van der Waals surface area (Å²) in [7, 11) is 3.19. The maximum absolute atomic E-state index is 11.5. The molecule has 1 N–H and O–H groups in total. The topological polar surface area (TPSA) is 51.2 Å². The van der Waals surface area contributed by atoms with Crippen LogP contribution in [-0.2, 0) is 0 Å². The molecule has 0 atom stereocenters. The van der Waals surface area contributed by atoms with Crippen molar-refractivity contribution in [2.75, 3.05) is 20.7 Å². The summed E-state index contributed by atoms with van der Waals surface area (Å²) in [6, 6.07) is 1.53. The largest absolute Gasteiger partial charge is 0.481 e. The minimum atomic E-state index is -0.0850. The molecule has 0 aromatic carbocycles. The van der Waals surface area contributed by atoms with Crippen LogP contribution < -0.4 is 10.1 Å². The number of likely N-dealkylation sites (N-methyl/N-ethyl adjacent to an activating group) is 1. The lowest BCUT2D eigenvalue weighted by atomic mass is 10.2. The molecule has 0 saturated carbocycles. The van der Waals surface area contributed by atoms with Crippen LogP contribution in [0.25, 0.3) is 0 Å². The number of nitrogens with one attached hydrogen (secondary N) is 1. The minimum absolute atomic E-state index is 0.0850. The van der Waals surface area contributed by atoms with E-state index < -0.39 is 0 Å². The normalized spacial score (nSPS) is 9.93. The molecule has 0 spiro atoms. The van der Waals surface area contributed by atoms with Crippen molar-refractivity contribution in [1.82, 2.24) is 10.3 Å². The zero-order valence-corrected chi connectivity index (χ0v) is 8.76. The molecule has 0 amide bonds. The van der Waals surface area contributed by atoms with Crippen LogP contribution in [0.15, 0.2) is 12.3 Å². The van der Waals surface area contributed by atoms with E-state index in [9.17, 15) is 4.79 Å². The molecule has 1 aromatic heterocycles. The van der Waals surface area contributed by atoms with E-state index in [2.05, 4.69) is 10.3 Å². The van der Waals surface area contributed by atoms with E-state index in [0.717, 1.165) is 0 Å². The zero-order chi connectivity index (χ0) is 10.6. The van der Waals surface area contributed by atoms with Crippen molar-refractivity contribution in [3.8, 4) is 5.88 Å². The molecule has 14 heavy (non-hydrogen) atoms. The highest BCUT2D eigenvalue weighted by molar-refractivity contribution is 6.33. The number of rotatable bonds is 4. The van der Waals surface area contributed by atoms with E-state index in [4.69, 9.17) is 16.3 Å². The highest BCUT2D eigenvalue weighted by Gasteiger charge is 2.11. The quantitative estimate of drug-likeness (QED) is 0.764. The van der Waals surface area contributed by atoms with Crippen LogP contribution in [0.4, 0.5) is 0 Å². The molecular formula is C9H11ClN2O2. The van der Waals surface area contributed by atoms with Crippen LogP contribution in [0.5, 0.6) is 5.88 Å². The first kappa shape index (κ1) is 10.9. The summed E-state index contributed by atoms with van der Waals surface area (Å²) >= 11 is 5.82. The maximum Gasteiger partial charge on any atom is 0.213 e. The van der Waals surface area contributed by atoms with Crippen molar-refractivity contribution in [3.63, 3.8) is 0 Å². The van der Waals surface area contributed by atoms with E-state index in [-0.39, 0.29) is 12.3 Å². The Balaban J connectivity index is 2.99. The van der Waals surface area contributed by atoms with Gasteiger partial charge in [0.15, 0.2) is 5.78 Å². The number of methoxy groups -OCH3 is 1. The van der Waals surface area contributed by atoms with Gasteiger partial charge in [0.05, 0.1) is 24.9 Å². The molecule has 0 aliphatic carbocycles. The average Bonchev–Trinajstić information content (AvgIpc) is 2.19. The van der Waals surface area contributed by atoms with Crippen LogP contribution in [0.2, 0.25) is 5.02 Å². The van der Waals surface area contributed by atoms with Crippen molar-refractivity contribution in [2.24, 2.45) is 0 Å². The van der Waals surface area contributed by atoms with Gasteiger partial charge in [-0.3, -0.25) is 4.79 Å². The molecule has 0 radical (unpaired) electrons. The second-order valence-corrected chi connectivity index (χ2v) is 3.07. The van der Waals surface area contributed by atoms with Gasteiger partial charge in [-0.15, -0.1) is 0 Å². The first-order valence-corrected chi connectivity index (χ1v) is 4.44. The fourth-order valence-electron chi connectivity index (χ4n) is 1.00. The van der Waals surface area contributed by atoms with E-state index in [1.807, 2.05) is 0 Å². The highest BCUT2D eigenvalue weighted by atomic mass is 35.5. The average molecular weight is 215 g/mol. The van der Waals surface area contributed by atoms with Gasteiger partial charge in [0, 0.05) is 11.6 Å². The van der Waals surface area contributed by atoms with Gasteiger partial charge < -0.3 is 10.1 Å². The third kappa shape index (κ3) is 2.43. The lowest BCUT2D eigenvalue weighted by Crippen LogP contribution is -2.19. The first-order valence-electron chi connectivity index (χ1n) is 4.06. The Morgan fingerprint density at radius 1 is 1.71 bits per heavy atom. The summed E-state index contributed by atoms with van der Waals surface area (Å²) < 4.78 is 4.90. The number of aromatic nitrogens is 1. The molecule has 1 rings (SSSR count). The molecule has 0 fully saturated rings. The summed E-state index contributed by atoms with van der Waals surface area (Å²) in [4.78, 5) is 15.4. The number of carbonyl (C=O) groups excluding carboxylic acids is 1. The molecule has 0 unspecified atom stereocenters. The van der Waals surface area contributed by atoms with Crippen molar-refractivity contribution in [2.45, 2.75) is 0 Å². The smallest absolute Gasteiger partial charge is 0.213 e. The predicted octanol–water partition coefficient (Wildman–Crippen LogP) is 1.15. The van der Waals surface area contributed by atoms with E-state index in [1.165, 1.54) is 19.4 Å². The third-order valence-corrected chi connectivity index (χ3v) is 1.98. The number of halogens is 1. The Hall–Kier alpha value is -1.13. The van der Waals surface area contributed by atoms with E-state index >= 15 is 0 Å². The van der Waals surface area contributed by atoms with Crippen LogP contribution in [0.3, 0.4) is 0 Å². The minimum Gasteiger partial charge on any atom is -0.481 e. The van der Waals surface area contributed by atoms with Gasteiger partial charge in [0.1, 0.15) is 0 Å². The standard InChI is InChI=1S/C9H11ClN2O2/c1-11-5-8(13)6-3-9(14-2)12-4-7(6)10/h3-4,11H,5H2,1-2H3. The number of nitrogens with zero attached hydrogens (tertiary/aromatic N) is 1. The Labute approximate surface area is 87.2 Å². The summed E-state index contributed by atoms with van der Waals surface area (Å²) in [6.45, 7) is 0.243. The van der Waals surface area contributed by atoms with Gasteiger partial charge in [0.2, 0.25) is 5.88 Å². The van der Waals surface area contributed by atoms with Crippen molar-refractivity contribution in [1.29, 1.82) is 0 Å². The summed E-state index contributed by atoms with van der Waals surface area (Å²) in [5, 5.41) is 3.10. The van der Waals surface area contributed by atoms with Gasteiger partial charge in [0.25, 0.3) is 0 Å². The third-order valence-electron chi connectivity index (χ3n) is 1.68. The molecule has 76 valence electrons. The number of hydrogen-bond acceptors (Lipinski definition) is 4. The summed E-state index contributed by atoms with van der Waals surface area (Å²) in [5.74, 6) is 0.298. The lowest BCUT2D eigenvalue weighted by molar-refractivity contribution is 0.0993. The van der Waals surface area contributed by atoms with E-state index in [0.29, 0.717) is 16.5 Å². The number of hydrogen-bond donors (Lipinski definition) is 1. The second-order valence-electron chi connectivity index (χ2n) is 2.66. The number of ketones is 1. The Bertz CT molecular complexity index is 342. The second kappa shape index (κ2) is 4.93. The maximum atomic E-state index is 11.5. The van der Waals surface area contributed by atoms with Gasteiger partial charge >= 0.3 is 0 Å². The highest BCUT2D eigenvalue weighted by Crippen LogP contribution is 2.19. The Morgan fingerprint density at radius 2 is 2.43 bits per heavy atom. The number of pyridine rings is 1. The zero-order valence-electron chi connectivity index (χ0n) is 8.00. The molecule has 1 heterocycles. The van der Waals surface area contributed by atoms with Crippen molar-refractivity contribution < 1.29 is 9.53 Å². The molecule has 4 nitrogen and oxygen atoms in total. The van der Waals surface area contributed by atoms with Crippen molar-refractivity contribution in [3.05, 3.63) is 22.8 Å². The first-order chi connectivity index (χ1) is 6.69. The number of carbonyl (C=O) groups is 1. The summed E-state index contributed by atoms with van der Waals surface area (Å²) in [5.41, 5.74) is 0.424. The van der Waals surface area contributed by atoms with Crippen LogP contribution in [0.1, 0.15) is 10.4 Å². The molecule has 0 aliphatic heterocycles. The van der Waals surface area contributed by atoms with Gasteiger partial charge in [-0.05, 0) is 7.05 Å². The van der Waals surface area contributed by atoms with Gasteiger partial charge in [-0.1, -0.05) is 11.6 Å². The Kier molecular flexibility index (Phi) is 3.85. The predicted molar refractivity (Wildman–Crippen MR) is 54.1 cm³/mol. The molecule has 5 heteroatoms.